The van der Waals surface area contributed by atoms with Crippen molar-refractivity contribution in [1.82, 2.24) is 0 Å². The number of esters is 1. The Morgan fingerprint density at radius 3 is 2.23 bits per heavy atom. The van der Waals surface area contributed by atoms with Crippen LogP contribution in [0.3, 0.4) is 0 Å². The molecule has 2 rings (SSSR count). The second-order valence-electron chi connectivity index (χ2n) is 6.23. The highest BCUT2D eigenvalue weighted by atomic mass is 19.1. The second-order valence-corrected chi connectivity index (χ2v) is 6.23. The van der Waals surface area contributed by atoms with E-state index in [0.717, 1.165) is 22.4 Å². The molecule has 1 atom stereocenters. The van der Waals surface area contributed by atoms with E-state index in [-0.39, 0.29) is 5.82 Å². The number of anilines is 1. The molecule has 1 N–H and O–H groups in total. The maximum atomic E-state index is 12.8. The van der Waals surface area contributed by atoms with Gasteiger partial charge in [0.25, 0.3) is 5.91 Å². The number of benzene rings is 2. The van der Waals surface area contributed by atoms with Gasteiger partial charge in [-0.2, -0.15) is 0 Å². The van der Waals surface area contributed by atoms with E-state index in [9.17, 15) is 14.0 Å². The average Bonchev–Trinajstić information content (AvgIpc) is 2.57. The molecule has 4 nitrogen and oxygen atoms in total. The summed E-state index contributed by atoms with van der Waals surface area (Å²) in [5.74, 6) is -1.39. The summed E-state index contributed by atoms with van der Waals surface area (Å²) in [6.45, 7) is 7.33. The molecule has 0 fully saturated rings. The standard InChI is InChI=1S/C21H22FNO3/c1-13-11-14(2)20(15(3)12-13)23-21(25)16(4)26-19(24)10-7-17-5-8-18(22)9-6-17/h5-12,16H,1-4H3,(H,23,25)/b10-7+/t16-/m0/s1. The number of rotatable bonds is 5. The molecular formula is C21H22FNO3. The summed E-state index contributed by atoms with van der Waals surface area (Å²) in [5.41, 5.74) is 4.40. The summed E-state index contributed by atoms with van der Waals surface area (Å²) >= 11 is 0. The van der Waals surface area contributed by atoms with Gasteiger partial charge in [-0.25, -0.2) is 9.18 Å². The quantitative estimate of drug-likeness (QED) is 0.641. The Balaban J connectivity index is 1.96. The van der Waals surface area contributed by atoms with Gasteiger partial charge in [-0.05, 0) is 62.6 Å². The van der Waals surface area contributed by atoms with Gasteiger partial charge in [0.2, 0.25) is 0 Å². The van der Waals surface area contributed by atoms with Gasteiger partial charge in [0, 0.05) is 11.8 Å². The van der Waals surface area contributed by atoms with Gasteiger partial charge < -0.3 is 10.1 Å². The molecule has 0 bridgehead atoms. The fourth-order valence-electron chi connectivity index (χ4n) is 2.61. The van der Waals surface area contributed by atoms with Crippen molar-refractivity contribution in [3.8, 4) is 0 Å². The van der Waals surface area contributed by atoms with Crippen LogP contribution in [0.5, 0.6) is 0 Å². The van der Waals surface area contributed by atoms with Crippen molar-refractivity contribution >= 4 is 23.6 Å². The SMILES string of the molecule is Cc1cc(C)c(NC(=O)[C@H](C)OC(=O)/C=C/c2ccc(F)cc2)c(C)c1. The number of hydrogen-bond donors (Lipinski definition) is 1. The van der Waals surface area contributed by atoms with Gasteiger partial charge >= 0.3 is 5.97 Å². The number of aryl methyl sites for hydroxylation is 3. The van der Waals surface area contributed by atoms with Crippen LogP contribution in [-0.4, -0.2) is 18.0 Å². The van der Waals surface area contributed by atoms with E-state index in [1.165, 1.54) is 43.3 Å². The van der Waals surface area contributed by atoms with E-state index < -0.39 is 18.0 Å². The van der Waals surface area contributed by atoms with Gasteiger partial charge in [0.15, 0.2) is 6.10 Å². The summed E-state index contributed by atoms with van der Waals surface area (Å²) in [5, 5.41) is 2.81. The zero-order valence-corrected chi connectivity index (χ0v) is 15.3. The minimum Gasteiger partial charge on any atom is -0.449 e. The Kier molecular flexibility index (Phi) is 6.28. The first-order valence-corrected chi connectivity index (χ1v) is 8.29. The Labute approximate surface area is 152 Å². The Hall–Kier alpha value is -2.95. The van der Waals surface area contributed by atoms with Crippen LogP contribution in [0.4, 0.5) is 10.1 Å². The zero-order chi connectivity index (χ0) is 19.3. The van der Waals surface area contributed by atoms with Gasteiger partial charge in [0.1, 0.15) is 5.82 Å². The molecule has 136 valence electrons. The number of ether oxygens (including phenoxy) is 1. The molecule has 2 aromatic rings. The van der Waals surface area contributed by atoms with Crippen molar-refractivity contribution in [2.24, 2.45) is 0 Å². The summed E-state index contributed by atoms with van der Waals surface area (Å²) < 4.78 is 18.0. The fraction of sp³-hybridized carbons (Fsp3) is 0.238. The largest absolute Gasteiger partial charge is 0.449 e. The van der Waals surface area contributed by atoms with Gasteiger partial charge in [-0.15, -0.1) is 0 Å². The molecule has 0 aliphatic rings. The van der Waals surface area contributed by atoms with Crippen molar-refractivity contribution in [3.63, 3.8) is 0 Å². The minimum absolute atomic E-state index is 0.350. The summed E-state index contributed by atoms with van der Waals surface area (Å²) in [6, 6.07) is 9.63. The van der Waals surface area contributed by atoms with Crippen molar-refractivity contribution < 1.29 is 18.7 Å². The number of nitrogens with one attached hydrogen (secondary N) is 1. The molecule has 5 heteroatoms. The van der Waals surface area contributed by atoms with Crippen LogP contribution in [0, 0.1) is 26.6 Å². The molecule has 26 heavy (non-hydrogen) atoms. The predicted molar refractivity (Wildman–Crippen MR) is 100 cm³/mol. The number of hydrogen-bond acceptors (Lipinski definition) is 3. The molecule has 0 aliphatic heterocycles. The van der Waals surface area contributed by atoms with Gasteiger partial charge in [-0.1, -0.05) is 29.8 Å². The third-order valence-electron chi connectivity index (χ3n) is 3.87. The lowest BCUT2D eigenvalue weighted by molar-refractivity contribution is -0.148. The zero-order valence-electron chi connectivity index (χ0n) is 15.3. The van der Waals surface area contributed by atoms with Crippen LogP contribution in [-0.2, 0) is 14.3 Å². The molecule has 1 amide bonds. The van der Waals surface area contributed by atoms with Crippen LogP contribution >= 0.6 is 0 Å². The van der Waals surface area contributed by atoms with Crippen LogP contribution < -0.4 is 5.32 Å². The number of amides is 1. The van der Waals surface area contributed by atoms with Crippen LogP contribution in [0.2, 0.25) is 0 Å². The molecule has 2 aromatic carbocycles. The maximum absolute atomic E-state index is 12.8. The number of carbonyl (C=O) groups excluding carboxylic acids is 2. The topological polar surface area (TPSA) is 55.4 Å². The fourth-order valence-corrected chi connectivity index (χ4v) is 2.61. The smallest absolute Gasteiger partial charge is 0.331 e. The minimum atomic E-state index is -0.944. The molecular weight excluding hydrogens is 333 g/mol. The lowest BCUT2D eigenvalue weighted by Crippen LogP contribution is -2.30. The van der Waals surface area contributed by atoms with Crippen molar-refractivity contribution in [3.05, 3.63) is 70.5 Å². The molecule has 0 saturated carbocycles. The lowest BCUT2D eigenvalue weighted by atomic mass is 10.0. The van der Waals surface area contributed by atoms with E-state index >= 15 is 0 Å². The van der Waals surface area contributed by atoms with E-state index in [1.807, 2.05) is 32.9 Å². The molecule has 0 radical (unpaired) electrons. The number of carbonyl (C=O) groups is 2. The van der Waals surface area contributed by atoms with E-state index in [0.29, 0.717) is 5.56 Å². The van der Waals surface area contributed by atoms with Gasteiger partial charge in [0.05, 0.1) is 0 Å². The molecule has 0 heterocycles. The Morgan fingerprint density at radius 1 is 1.08 bits per heavy atom. The summed E-state index contributed by atoms with van der Waals surface area (Å²) in [6.07, 6.45) is 1.76. The van der Waals surface area contributed by atoms with E-state index in [1.54, 1.807) is 0 Å². The second kappa shape index (κ2) is 8.43. The third kappa shape index (κ3) is 5.28. The first-order valence-electron chi connectivity index (χ1n) is 8.29. The van der Waals surface area contributed by atoms with Gasteiger partial charge in [-0.3, -0.25) is 4.79 Å². The molecule has 0 aliphatic carbocycles. The highest BCUT2D eigenvalue weighted by Gasteiger charge is 2.18. The highest BCUT2D eigenvalue weighted by Crippen LogP contribution is 2.22. The first kappa shape index (κ1) is 19.4. The normalized spacial score (nSPS) is 12.0. The van der Waals surface area contributed by atoms with Crippen LogP contribution in [0.1, 0.15) is 29.2 Å². The van der Waals surface area contributed by atoms with Crippen LogP contribution in [0.25, 0.3) is 6.08 Å². The summed E-state index contributed by atoms with van der Waals surface area (Å²) in [4.78, 5) is 24.2. The Morgan fingerprint density at radius 2 is 1.65 bits per heavy atom. The van der Waals surface area contributed by atoms with Crippen molar-refractivity contribution in [1.29, 1.82) is 0 Å². The number of halogens is 1. The highest BCUT2D eigenvalue weighted by molar-refractivity contribution is 5.97. The molecule has 0 aromatic heterocycles. The molecule has 0 saturated heterocycles. The Bertz CT molecular complexity index is 818. The van der Waals surface area contributed by atoms with Crippen molar-refractivity contribution in [2.45, 2.75) is 33.8 Å². The maximum Gasteiger partial charge on any atom is 0.331 e. The van der Waals surface area contributed by atoms with Crippen molar-refractivity contribution in [2.75, 3.05) is 5.32 Å². The predicted octanol–water partition coefficient (Wildman–Crippen LogP) is 4.33. The third-order valence-corrected chi connectivity index (χ3v) is 3.87. The summed E-state index contributed by atoms with van der Waals surface area (Å²) in [7, 11) is 0. The monoisotopic (exact) mass is 355 g/mol. The first-order chi connectivity index (χ1) is 12.3. The average molecular weight is 355 g/mol. The van der Waals surface area contributed by atoms with E-state index in [2.05, 4.69) is 5.32 Å². The lowest BCUT2D eigenvalue weighted by Gasteiger charge is -2.16. The van der Waals surface area contributed by atoms with Crippen LogP contribution in [0.15, 0.2) is 42.5 Å². The van der Waals surface area contributed by atoms with E-state index in [4.69, 9.17) is 4.74 Å². The molecule has 0 spiro atoms. The molecule has 0 unspecified atom stereocenters.